The van der Waals surface area contributed by atoms with Crippen LogP contribution in [0.15, 0.2) is 48.5 Å². The molecule has 0 aliphatic carbocycles. The number of carbonyl (C=O) groups excluding carboxylic acids is 3. The minimum absolute atomic E-state index is 0.0365. The standard InChI is InChI=1S/C21H25N3O4/c1-3-15-8-10-16(11-9-15)13-23-19(26)17-6-4-5-7-18(17)24-21(28)20(27)22-12-14(2)25/h4-11,14,25H,3,12-13H2,1-2H3,(H,22,27)(H,23,26)(H,24,28)/t14-/m0/s1. The second-order valence-corrected chi connectivity index (χ2v) is 6.41. The molecule has 2 rings (SSSR count). The summed E-state index contributed by atoms with van der Waals surface area (Å²) in [4.78, 5) is 36.3. The molecule has 0 aliphatic rings. The SMILES string of the molecule is CCc1ccc(CNC(=O)c2ccccc2NC(=O)C(=O)NC[C@H](C)O)cc1. The van der Waals surface area contributed by atoms with Gasteiger partial charge in [0.05, 0.1) is 17.4 Å². The predicted octanol–water partition coefficient (Wildman–Crippen LogP) is 1.61. The first-order valence-corrected chi connectivity index (χ1v) is 9.13. The largest absolute Gasteiger partial charge is 0.392 e. The summed E-state index contributed by atoms with van der Waals surface area (Å²) in [5, 5.41) is 16.7. The van der Waals surface area contributed by atoms with Crippen LogP contribution in [0.5, 0.6) is 0 Å². The molecule has 28 heavy (non-hydrogen) atoms. The van der Waals surface area contributed by atoms with Crippen LogP contribution < -0.4 is 16.0 Å². The van der Waals surface area contributed by atoms with Gasteiger partial charge in [-0.05, 0) is 36.6 Å². The zero-order valence-corrected chi connectivity index (χ0v) is 16.0. The Hall–Kier alpha value is -3.19. The van der Waals surface area contributed by atoms with Gasteiger partial charge in [-0.1, -0.05) is 43.3 Å². The zero-order valence-electron chi connectivity index (χ0n) is 16.0. The highest BCUT2D eigenvalue weighted by Crippen LogP contribution is 2.15. The van der Waals surface area contributed by atoms with Gasteiger partial charge in [-0.25, -0.2) is 0 Å². The molecule has 2 aromatic carbocycles. The Kier molecular flexibility index (Phi) is 7.71. The van der Waals surface area contributed by atoms with Gasteiger partial charge >= 0.3 is 11.8 Å². The van der Waals surface area contributed by atoms with Crippen molar-refractivity contribution in [1.29, 1.82) is 0 Å². The van der Waals surface area contributed by atoms with Gasteiger partial charge in [-0.3, -0.25) is 14.4 Å². The van der Waals surface area contributed by atoms with Gasteiger partial charge in [0, 0.05) is 13.1 Å². The van der Waals surface area contributed by atoms with Crippen molar-refractivity contribution in [2.45, 2.75) is 32.9 Å². The summed E-state index contributed by atoms with van der Waals surface area (Å²) in [6.07, 6.45) is 0.186. The summed E-state index contributed by atoms with van der Waals surface area (Å²) in [6.45, 7) is 3.88. The van der Waals surface area contributed by atoms with Crippen LogP contribution >= 0.6 is 0 Å². The van der Waals surface area contributed by atoms with Crippen LogP contribution in [0.4, 0.5) is 5.69 Å². The molecule has 0 radical (unpaired) electrons. The van der Waals surface area contributed by atoms with Crippen molar-refractivity contribution in [1.82, 2.24) is 10.6 Å². The third kappa shape index (κ3) is 6.21. The van der Waals surface area contributed by atoms with Crippen molar-refractivity contribution in [2.75, 3.05) is 11.9 Å². The van der Waals surface area contributed by atoms with E-state index in [1.165, 1.54) is 12.5 Å². The number of aliphatic hydroxyl groups is 1. The number of benzene rings is 2. The molecule has 0 aromatic heterocycles. The number of rotatable bonds is 7. The third-order valence-electron chi connectivity index (χ3n) is 4.07. The average Bonchev–Trinajstić information content (AvgIpc) is 2.70. The van der Waals surface area contributed by atoms with Gasteiger partial charge in [0.15, 0.2) is 0 Å². The van der Waals surface area contributed by atoms with E-state index in [1.807, 2.05) is 24.3 Å². The second-order valence-electron chi connectivity index (χ2n) is 6.41. The molecule has 0 bridgehead atoms. The van der Waals surface area contributed by atoms with E-state index in [0.29, 0.717) is 6.54 Å². The number of carbonyl (C=O) groups is 3. The second kappa shape index (κ2) is 10.2. The maximum Gasteiger partial charge on any atom is 0.313 e. The van der Waals surface area contributed by atoms with E-state index in [4.69, 9.17) is 0 Å². The van der Waals surface area contributed by atoms with Gasteiger partial charge in [0.2, 0.25) is 0 Å². The molecule has 0 saturated heterocycles. The fraction of sp³-hybridized carbons (Fsp3) is 0.286. The summed E-state index contributed by atoms with van der Waals surface area (Å²) >= 11 is 0. The van der Waals surface area contributed by atoms with Crippen molar-refractivity contribution < 1.29 is 19.5 Å². The summed E-state index contributed by atoms with van der Waals surface area (Å²) < 4.78 is 0. The fourth-order valence-electron chi connectivity index (χ4n) is 2.46. The van der Waals surface area contributed by atoms with Crippen LogP contribution in [0.3, 0.4) is 0 Å². The quantitative estimate of drug-likeness (QED) is 0.545. The van der Waals surface area contributed by atoms with Gasteiger partial charge in [0.25, 0.3) is 5.91 Å². The molecule has 0 heterocycles. The molecule has 0 aliphatic heterocycles. The lowest BCUT2D eigenvalue weighted by atomic mass is 10.1. The Morgan fingerprint density at radius 1 is 0.929 bits per heavy atom. The van der Waals surface area contributed by atoms with E-state index in [2.05, 4.69) is 22.9 Å². The van der Waals surface area contributed by atoms with E-state index in [9.17, 15) is 19.5 Å². The van der Waals surface area contributed by atoms with Crippen molar-refractivity contribution in [3.8, 4) is 0 Å². The van der Waals surface area contributed by atoms with Crippen molar-refractivity contribution in [3.63, 3.8) is 0 Å². The minimum atomic E-state index is -0.906. The number of para-hydroxylation sites is 1. The molecule has 2 aromatic rings. The third-order valence-corrected chi connectivity index (χ3v) is 4.07. The molecule has 0 unspecified atom stereocenters. The van der Waals surface area contributed by atoms with E-state index in [-0.39, 0.29) is 23.7 Å². The number of hydrogen-bond donors (Lipinski definition) is 4. The highest BCUT2D eigenvalue weighted by Gasteiger charge is 2.18. The first-order valence-electron chi connectivity index (χ1n) is 9.13. The molecule has 4 N–H and O–H groups in total. The number of nitrogens with one attached hydrogen (secondary N) is 3. The Bertz CT molecular complexity index is 832. The predicted molar refractivity (Wildman–Crippen MR) is 107 cm³/mol. The normalized spacial score (nSPS) is 11.4. The number of amides is 3. The molecule has 0 spiro atoms. The lowest BCUT2D eigenvalue weighted by molar-refractivity contribution is -0.136. The van der Waals surface area contributed by atoms with Crippen molar-refractivity contribution in [3.05, 3.63) is 65.2 Å². The van der Waals surface area contributed by atoms with Crippen LogP contribution in [0.25, 0.3) is 0 Å². The minimum Gasteiger partial charge on any atom is -0.392 e. The Balaban J connectivity index is 2.00. The Morgan fingerprint density at radius 3 is 2.21 bits per heavy atom. The van der Waals surface area contributed by atoms with E-state index in [1.54, 1.807) is 24.3 Å². The number of hydrogen-bond acceptors (Lipinski definition) is 4. The van der Waals surface area contributed by atoms with Crippen molar-refractivity contribution in [2.24, 2.45) is 0 Å². The van der Waals surface area contributed by atoms with Gasteiger partial charge in [-0.2, -0.15) is 0 Å². The Morgan fingerprint density at radius 2 is 1.57 bits per heavy atom. The molecule has 0 fully saturated rings. The highest BCUT2D eigenvalue weighted by atomic mass is 16.3. The van der Waals surface area contributed by atoms with Crippen LogP contribution in [0, 0.1) is 0 Å². The maximum atomic E-state index is 12.5. The first-order chi connectivity index (χ1) is 13.4. The van der Waals surface area contributed by atoms with Crippen LogP contribution in [-0.4, -0.2) is 35.5 Å². The summed E-state index contributed by atoms with van der Waals surface area (Å²) in [7, 11) is 0. The molecule has 7 heteroatoms. The lowest BCUT2D eigenvalue weighted by Crippen LogP contribution is -2.39. The topological polar surface area (TPSA) is 108 Å². The highest BCUT2D eigenvalue weighted by molar-refractivity contribution is 6.40. The average molecular weight is 383 g/mol. The smallest absolute Gasteiger partial charge is 0.313 e. The summed E-state index contributed by atoms with van der Waals surface area (Å²) in [6, 6.07) is 14.4. The zero-order chi connectivity index (χ0) is 20.5. The molecule has 148 valence electrons. The number of anilines is 1. The van der Waals surface area contributed by atoms with Crippen LogP contribution in [0.2, 0.25) is 0 Å². The van der Waals surface area contributed by atoms with E-state index >= 15 is 0 Å². The van der Waals surface area contributed by atoms with Gasteiger partial charge < -0.3 is 21.1 Å². The van der Waals surface area contributed by atoms with Crippen molar-refractivity contribution >= 4 is 23.4 Å². The molecular weight excluding hydrogens is 358 g/mol. The van der Waals surface area contributed by atoms with E-state index in [0.717, 1.165) is 12.0 Å². The van der Waals surface area contributed by atoms with Gasteiger partial charge in [-0.15, -0.1) is 0 Å². The molecule has 7 nitrogen and oxygen atoms in total. The maximum absolute atomic E-state index is 12.5. The number of aliphatic hydroxyl groups excluding tert-OH is 1. The summed E-state index contributed by atoms with van der Waals surface area (Å²) in [5.41, 5.74) is 2.67. The van der Waals surface area contributed by atoms with Crippen LogP contribution in [-0.2, 0) is 22.6 Å². The number of aryl methyl sites for hydroxylation is 1. The lowest BCUT2D eigenvalue weighted by Gasteiger charge is -2.12. The molecular formula is C21H25N3O4. The monoisotopic (exact) mass is 383 g/mol. The van der Waals surface area contributed by atoms with Crippen LogP contribution in [0.1, 0.15) is 35.3 Å². The molecule has 1 atom stereocenters. The Labute approximate surface area is 164 Å². The van der Waals surface area contributed by atoms with E-state index < -0.39 is 17.9 Å². The van der Waals surface area contributed by atoms with Gasteiger partial charge in [0.1, 0.15) is 0 Å². The fourth-order valence-corrected chi connectivity index (χ4v) is 2.46. The first kappa shape index (κ1) is 21.1. The molecule has 3 amide bonds. The molecule has 0 saturated carbocycles. The summed E-state index contributed by atoms with van der Waals surface area (Å²) in [5.74, 6) is -2.15.